The summed E-state index contributed by atoms with van der Waals surface area (Å²) in [5.41, 5.74) is 3.61. The Hall–Kier alpha value is -1.12. The fraction of sp³-hybridized carbons (Fsp3) is 0.500. The van der Waals surface area contributed by atoms with E-state index in [9.17, 15) is 5.26 Å². The van der Waals surface area contributed by atoms with Gasteiger partial charge in [-0.05, 0) is 0 Å². The van der Waals surface area contributed by atoms with E-state index in [1.165, 1.54) is 67.8 Å². The maximum absolute atomic E-state index is 10.1. The molecule has 3 rings (SSSR count). The summed E-state index contributed by atoms with van der Waals surface area (Å²) in [5.74, 6) is 0. The van der Waals surface area contributed by atoms with E-state index in [4.69, 9.17) is 6.57 Å². The Morgan fingerprint density at radius 3 is 1.97 bits per heavy atom. The van der Waals surface area contributed by atoms with E-state index in [0.717, 1.165) is 14.6 Å². The second-order valence-corrected chi connectivity index (χ2v) is 26.5. The van der Waals surface area contributed by atoms with Crippen molar-refractivity contribution in [3.8, 4) is 25.6 Å². The molecule has 3 heterocycles. The van der Waals surface area contributed by atoms with Crippen molar-refractivity contribution in [3.05, 3.63) is 45.6 Å². The van der Waals surface area contributed by atoms with Gasteiger partial charge in [0.1, 0.15) is 0 Å². The van der Waals surface area contributed by atoms with Crippen LogP contribution in [0.1, 0.15) is 76.0 Å². The fourth-order valence-electron chi connectivity index (χ4n) is 4.81. The number of hydrogen-bond donors (Lipinski definition) is 0. The Morgan fingerprint density at radius 2 is 1.50 bits per heavy atom. The molecule has 0 amide bonds. The average molecular weight is 616 g/mol. The zero-order chi connectivity index (χ0) is 24.7. The molecule has 0 saturated carbocycles. The summed E-state index contributed by atoms with van der Waals surface area (Å²) in [6, 6.07) is 7.03. The van der Waals surface area contributed by atoms with Crippen molar-refractivity contribution >= 4 is 61.0 Å². The molecule has 0 aliphatic heterocycles. The third kappa shape index (κ3) is 5.65. The fourth-order valence-corrected chi connectivity index (χ4v) is 27.8. The molecule has 0 N–H and O–H groups in total. The van der Waals surface area contributed by atoms with Crippen LogP contribution in [0.15, 0.2) is 17.5 Å². The molecule has 3 aromatic heterocycles. The van der Waals surface area contributed by atoms with Crippen LogP contribution in [-0.2, 0) is 0 Å². The van der Waals surface area contributed by atoms with Gasteiger partial charge in [-0.1, -0.05) is 0 Å². The second-order valence-electron chi connectivity index (χ2n) is 9.35. The van der Waals surface area contributed by atoms with Gasteiger partial charge in [0.2, 0.25) is 0 Å². The van der Waals surface area contributed by atoms with E-state index in [0.29, 0.717) is 11.3 Å². The minimum absolute atomic E-state index is 0.542. The normalized spacial score (nSPS) is 11.5. The molecule has 0 aliphatic rings. The minimum atomic E-state index is -2.54. The summed E-state index contributed by atoms with van der Waals surface area (Å²) in [5, 5.41) is 12.2. The molecule has 0 bridgehead atoms. The van der Waals surface area contributed by atoms with Crippen molar-refractivity contribution in [1.82, 2.24) is 0 Å². The van der Waals surface area contributed by atoms with E-state index in [1.807, 2.05) is 11.3 Å². The van der Waals surface area contributed by atoms with Crippen LogP contribution >= 0.6 is 34.0 Å². The number of unbranched alkanes of at least 4 members (excludes halogenated alkanes) is 3. The van der Waals surface area contributed by atoms with Crippen molar-refractivity contribution in [3.63, 3.8) is 0 Å². The molecule has 0 aromatic carbocycles. The molecule has 0 spiro atoms. The molecule has 0 saturated heterocycles. The van der Waals surface area contributed by atoms with E-state index in [1.54, 1.807) is 25.6 Å². The molecule has 6 heteroatoms. The molecule has 0 radical (unpaired) electrons. The predicted molar refractivity (Wildman–Crippen MR) is 156 cm³/mol. The Bertz CT molecular complexity index is 1160. The van der Waals surface area contributed by atoms with Gasteiger partial charge in [-0.3, -0.25) is 0 Å². The molecule has 3 aromatic rings. The topological polar surface area (TPSA) is 28.1 Å². The molecule has 0 fully saturated rings. The Morgan fingerprint density at radius 1 is 0.882 bits per heavy atom. The third-order valence-corrected chi connectivity index (χ3v) is 28.8. The summed E-state index contributed by atoms with van der Waals surface area (Å²) in [4.78, 5) is 8.22. The van der Waals surface area contributed by atoms with Crippen LogP contribution in [0.25, 0.3) is 24.4 Å². The van der Waals surface area contributed by atoms with Crippen LogP contribution in [0.5, 0.6) is 0 Å². The van der Waals surface area contributed by atoms with Crippen molar-refractivity contribution in [2.45, 2.75) is 86.5 Å². The van der Waals surface area contributed by atoms with Crippen molar-refractivity contribution < 1.29 is 0 Å². The first-order valence-electron chi connectivity index (χ1n) is 12.6. The Kier molecular flexibility index (Phi) is 10.3. The van der Waals surface area contributed by atoms with Crippen molar-refractivity contribution in [2.24, 2.45) is 0 Å². The van der Waals surface area contributed by atoms with Gasteiger partial charge >= 0.3 is 224 Å². The molecule has 180 valence electrons. The van der Waals surface area contributed by atoms with Crippen LogP contribution in [0, 0.1) is 31.8 Å². The first kappa shape index (κ1) is 27.5. The van der Waals surface area contributed by atoms with Gasteiger partial charge in [-0.25, -0.2) is 0 Å². The van der Waals surface area contributed by atoms with Gasteiger partial charge in [-0.15, -0.1) is 0 Å². The molecule has 2 nitrogen and oxygen atoms in total. The van der Waals surface area contributed by atoms with E-state index in [-0.39, 0.29) is 0 Å². The molecule has 34 heavy (non-hydrogen) atoms. The predicted octanol–water partition coefficient (Wildman–Crippen LogP) is 10.3. The van der Waals surface area contributed by atoms with Crippen LogP contribution in [0.3, 0.4) is 0 Å². The number of hydrogen-bond acceptors (Lipinski definition) is 4. The maximum atomic E-state index is 10.1. The standard InChI is InChI=1S/C16H9N2S3.3C4H9.Sn/c1-9-4-6-19-13(9)15-11(8-17)12(18-3)16(21-15)14-10(2)5-7-20-14;3*1-3-4-2;/h4-5,7H,1-2H3;3*1,3-4H2,2H3;. The molecular formula is C28H36N2S3Sn. The summed E-state index contributed by atoms with van der Waals surface area (Å²) < 4.78 is 6.06. The van der Waals surface area contributed by atoms with Gasteiger partial charge in [0.05, 0.1) is 0 Å². The second kappa shape index (κ2) is 12.7. The van der Waals surface area contributed by atoms with Gasteiger partial charge < -0.3 is 0 Å². The summed E-state index contributed by atoms with van der Waals surface area (Å²) in [7, 11) is 0. The quantitative estimate of drug-likeness (QED) is 0.147. The van der Waals surface area contributed by atoms with Gasteiger partial charge in [0.15, 0.2) is 0 Å². The van der Waals surface area contributed by atoms with Crippen LogP contribution in [-0.4, -0.2) is 18.4 Å². The Balaban J connectivity index is 2.16. The monoisotopic (exact) mass is 616 g/mol. The van der Waals surface area contributed by atoms with Crippen molar-refractivity contribution in [2.75, 3.05) is 0 Å². The molecule has 0 unspecified atom stereocenters. The SMILES string of the molecule is [C-]#[N+]c1c(-c2sccc2C)sc(-c2s[c]([Sn]([CH2]CCC)([CH2]CCC)[CH2]CCC)cc2C)c1C#N. The molecule has 0 aliphatic carbocycles. The Labute approximate surface area is 222 Å². The zero-order valence-electron chi connectivity index (χ0n) is 21.2. The number of aryl methyl sites for hydroxylation is 2. The average Bonchev–Trinajstić information content (AvgIpc) is 3.54. The van der Waals surface area contributed by atoms with Gasteiger partial charge in [0.25, 0.3) is 0 Å². The van der Waals surface area contributed by atoms with Crippen LogP contribution < -0.4 is 2.89 Å². The van der Waals surface area contributed by atoms with E-state index < -0.39 is 18.4 Å². The first-order chi connectivity index (χ1) is 16.5. The summed E-state index contributed by atoms with van der Waals surface area (Å²) in [6.45, 7) is 19.2. The molecular weight excluding hydrogens is 579 g/mol. The number of nitrogens with zero attached hydrogens (tertiary/aromatic N) is 2. The van der Waals surface area contributed by atoms with Gasteiger partial charge in [0, 0.05) is 0 Å². The van der Waals surface area contributed by atoms with Gasteiger partial charge in [-0.2, -0.15) is 0 Å². The number of rotatable bonds is 12. The summed E-state index contributed by atoms with van der Waals surface area (Å²) in [6.07, 6.45) is 7.87. The van der Waals surface area contributed by atoms with Crippen LogP contribution in [0.4, 0.5) is 5.69 Å². The number of thiophene rings is 3. The first-order valence-corrected chi connectivity index (χ1v) is 22.6. The van der Waals surface area contributed by atoms with E-state index >= 15 is 0 Å². The number of nitriles is 1. The molecule has 0 atom stereocenters. The van der Waals surface area contributed by atoms with Crippen molar-refractivity contribution in [1.29, 1.82) is 5.26 Å². The van der Waals surface area contributed by atoms with Crippen LogP contribution in [0.2, 0.25) is 13.3 Å². The van der Waals surface area contributed by atoms with E-state index in [2.05, 4.69) is 63.0 Å². The summed E-state index contributed by atoms with van der Waals surface area (Å²) >= 11 is 2.78. The third-order valence-electron chi connectivity index (χ3n) is 6.85. The zero-order valence-corrected chi connectivity index (χ0v) is 26.5.